The number of pyridine rings is 1. The van der Waals surface area contributed by atoms with Crippen LogP contribution in [-0.4, -0.2) is 20.0 Å². The van der Waals surface area contributed by atoms with Gasteiger partial charge in [-0.15, -0.1) is 0 Å². The fraction of sp³-hybridized carbons (Fsp3) is 0.167. The SMILES string of the molecule is O=S(=O)(Cl)c1cccc(OC(F)F)n1. The van der Waals surface area contributed by atoms with Crippen molar-refractivity contribution in [3.63, 3.8) is 0 Å². The Kier molecular flexibility index (Phi) is 3.22. The zero-order valence-electron chi connectivity index (χ0n) is 6.52. The van der Waals surface area contributed by atoms with Gasteiger partial charge in [0.25, 0.3) is 9.05 Å². The van der Waals surface area contributed by atoms with Crippen LogP contribution in [0.4, 0.5) is 8.78 Å². The molecule has 4 nitrogen and oxygen atoms in total. The Bertz CT molecular complexity index is 423. The van der Waals surface area contributed by atoms with Crippen LogP contribution in [0.2, 0.25) is 0 Å². The van der Waals surface area contributed by atoms with Gasteiger partial charge >= 0.3 is 6.61 Å². The van der Waals surface area contributed by atoms with Crippen LogP contribution in [-0.2, 0) is 9.05 Å². The van der Waals surface area contributed by atoms with E-state index in [0.29, 0.717) is 0 Å². The highest BCUT2D eigenvalue weighted by molar-refractivity contribution is 8.13. The predicted molar refractivity (Wildman–Crippen MR) is 43.9 cm³/mol. The van der Waals surface area contributed by atoms with Crippen LogP contribution in [0.25, 0.3) is 0 Å². The predicted octanol–water partition coefficient (Wildman–Crippen LogP) is 1.61. The largest absolute Gasteiger partial charge is 0.417 e. The van der Waals surface area contributed by atoms with E-state index in [0.717, 1.165) is 12.1 Å². The van der Waals surface area contributed by atoms with E-state index in [9.17, 15) is 17.2 Å². The fourth-order valence-electron chi connectivity index (χ4n) is 0.689. The molecule has 0 saturated carbocycles. The Hall–Kier alpha value is -0.950. The topological polar surface area (TPSA) is 56.3 Å². The first-order chi connectivity index (χ1) is 6.39. The van der Waals surface area contributed by atoms with Gasteiger partial charge in [0.15, 0.2) is 5.03 Å². The summed E-state index contributed by atoms with van der Waals surface area (Å²) in [5.41, 5.74) is 0. The molecule has 1 aromatic rings. The van der Waals surface area contributed by atoms with Crippen LogP contribution in [0.3, 0.4) is 0 Å². The van der Waals surface area contributed by atoms with Crippen LogP contribution in [0.1, 0.15) is 0 Å². The van der Waals surface area contributed by atoms with Gasteiger partial charge in [0.1, 0.15) is 0 Å². The van der Waals surface area contributed by atoms with Gasteiger partial charge in [-0.25, -0.2) is 13.4 Å². The maximum atomic E-state index is 11.7. The van der Waals surface area contributed by atoms with Crippen molar-refractivity contribution in [2.45, 2.75) is 11.6 Å². The number of hydrogen-bond donors (Lipinski definition) is 0. The van der Waals surface area contributed by atoms with Crippen molar-refractivity contribution in [2.75, 3.05) is 0 Å². The van der Waals surface area contributed by atoms with Crippen molar-refractivity contribution in [3.8, 4) is 5.88 Å². The smallest absolute Gasteiger partial charge is 0.388 e. The second kappa shape index (κ2) is 4.05. The number of nitrogens with zero attached hydrogens (tertiary/aromatic N) is 1. The molecule has 0 saturated heterocycles. The third kappa shape index (κ3) is 3.08. The molecule has 1 rings (SSSR count). The first-order valence-corrected chi connectivity index (χ1v) is 5.57. The van der Waals surface area contributed by atoms with Crippen LogP contribution in [0.15, 0.2) is 23.2 Å². The molecule has 0 aliphatic carbocycles. The fourth-order valence-corrected chi connectivity index (χ4v) is 1.39. The van der Waals surface area contributed by atoms with Crippen LogP contribution < -0.4 is 4.74 Å². The second-order valence-electron chi connectivity index (χ2n) is 2.13. The molecule has 0 aromatic carbocycles. The van der Waals surface area contributed by atoms with Gasteiger partial charge in [-0.3, -0.25) is 0 Å². The van der Waals surface area contributed by atoms with Crippen LogP contribution in [0, 0.1) is 0 Å². The van der Waals surface area contributed by atoms with Crippen molar-refractivity contribution in [3.05, 3.63) is 18.2 Å². The van der Waals surface area contributed by atoms with Crippen molar-refractivity contribution in [1.29, 1.82) is 0 Å². The minimum atomic E-state index is -4.02. The van der Waals surface area contributed by atoms with Gasteiger partial charge in [0, 0.05) is 16.7 Å². The maximum Gasteiger partial charge on any atom is 0.388 e. The third-order valence-electron chi connectivity index (χ3n) is 1.16. The number of rotatable bonds is 3. The molecule has 0 radical (unpaired) electrons. The van der Waals surface area contributed by atoms with Gasteiger partial charge < -0.3 is 4.74 Å². The number of ether oxygens (including phenoxy) is 1. The molecule has 0 unspecified atom stereocenters. The highest BCUT2D eigenvalue weighted by Crippen LogP contribution is 2.16. The molecule has 14 heavy (non-hydrogen) atoms. The summed E-state index contributed by atoms with van der Waals surface area (Å²) in [5.74, 6) is -0.498. The lowest BCUT2D eigenvalue weighted by molar-refractivity contribution is -0.0532. The summed E-state index contributed by atoms with van der Waals surface area (Å²) < 4.78 is 48.8. The minimum Gasteiger partial charge on any atom is -0.417 e. The quantitative estimate of drug-likeness (QED) is 0.757. The normalized spacial score (nSPS) is 11.7. The number of hydrogen-bond acceptors (Lipinski definition) is 4. The summed E-state index contributed by atoms with van der Waals surface area (Å²) in [6.45, 7) is -3.06. The lowest BCUT2D eigenvalue weighted by Gasteiger charge is -2.03. The number of aromatic nitrogens is 1. The molecule has 0 fully saturated rings. The van der Waals surface area contributed by atoms with E-state index in [1.165, 1.54) is 6.07 Å². The molecule has 0 atom stereocenters. The molecule has 0 bridgehead atoms. The number of halogens is 3. The Labute approximate surface area is 82.9 Å². The summed E-state index contributed by atoms with van der Waals surface area (Å²) in [4.78, 5) is 3.26. The van der Waals surface area contributed by atoms with E-state index in [1.54, 1.807) is 0 Å². The highest BCUT2D eigenvalue weighted by atomic mass is 35.7. The van der Waals surface area contributed by atoms with E-state index in [2.05, 4.69) is 9.72 Å². The van der Waals surface area contributed by atoms with E-state index < -0.39 is 26.6 Å². The molecular formula is C6H4ClF2NO3S. The molecule has 0 aliphatic heterocycles. The van der Waals surface area contributed by atoms with Crippen LogP contribution >= 0.6 is 10.7 Å². The summed E-state index contributed by atoms with van der Waals surface area (Å²) in [5, 5.41) is -0.530. The monoisotopic (exact) mass is 243 g/mol. The summed E-state index contributed by atoms with van der Waals surface area (Å²) in [7, 11) is 0.909. The van der Waals surface area contributed by atoms with Crippen molar-refractivity contribution in [1.82, 2.24) is 4.98 Å². The Balaban J connectivity index is 3.02. The number of alkyl halides is 2. The molecule has 0 aliphatic rings. The van der Waals surface area contributed by atoms with Gasteiger partial charge in [-0.1, -0.05) is 6.07 Å². The second-order valence-corrected chi connectivity index (χ2v) is 4.64. The first kappa shape index (κ1) is 11.1. The van der Waals surface area contributed by atoms with Crippen LogP contribution in [0.5, 0.6) is 5.88 Å². The molecular weight excluding hydrogens is 240 g/mol. The molecule has 8 heteroatoms. The van der Waals surface area contributed by atoms with Gasteiger partial charge in [-0.2, -0.15) is 8.78 Å². The molecule has 0 N–H and O–H groups in total. The van der Waals surface area contributed by atoms with Crippen molar-refractivity contribution < 1.29 is 21.9 Å². The average molecular weight is 244 g/mol. The van der Waals surface area contributed by atoms with Crippen molar-refractivity contribution in [2.24, 2.45) is 0 Å². The molecule has 1 aromatic heterocycles. The summed E-state index contributed by atoms with van der Waals surface area (Å²) in [6.07, 6.45) is 0. The van der Waals surface area contributed by atoms with E-state index >= 15 is 0 Å². The van der Waals surface area contributed by atoms with E-state index in [4.69, 9.17) is 10.7 Å². The van der Waals surface area contributed by atoms with Crippen molar-refractivity contribution >= 4 is 19.7 Å². The minimum absolute atomic E-state index is 0.498. The maximum absolute atomic E-state index is 11.7. The Morgan fingerprint density at radius 3 is 2.57 bits per heavy atom. The molecule has 0 amide bonds. The average Bonchev–Trinajstić information content (AvgIpc) is 2.01. The Morgan fingerprint density at radius 2 is 2.07 bits per heavy atom. The highest BCUT2D eigenvalue weighted by Gasteiger charge is 2.13. The van der Waals surface area contributed by atoms with Gasteiger partial charge in [-0.05, 0) is 6.07 Å². The molecule has 78 valence electrons. The lowest BCUT2D eigenvalue weighted by Crippen LogP contribution is -2.05. The van der Waals surface area contributed by atoms with E-state index in [1.807, 2.05) is 0 Å². The van der Waals surface area contributed by atoms with Gasteiger partial charge in [0.05, 0.1) is 0 Å². The molecule has 0 spiro atoms. The zero-order valence-corrected chi connectivity index (χ0v) is 8.10. The third-order valence-corrected chi connectivity index (χ3v) is 2.36. The van der Waals surface area contributed by atoms with Gasteiger partial charge in [0.2, 0.25) is 5.88 Å². The lowest BCUT2D eigenvalue weighted by atomic mass is 10.5. The Morgan fingerprint density at radius 1 is 1.43 bits per heavy atom. The first-order valence-electron chi connectivity index (χ1n) is 3.26. The standard InChI is InChI=1S/C6H4ClF2NO3S/c7-14(11,12)5-3-1-2-4(10-5)13-6(8)9/h1-3,6H. The molecule has 1 heterocycles. The zero-order chi connectivity index (χ0) is 10.8. The summed E-state index contributed by atoms with van der Waals surface area (Å²) in [6, 6.07) is 3.36. The summed E-state index contributed by atoms with van der Waals surface area (Å²) >= 11 is 0. The van der Waals surface area contributed by atoms with E-state index in [-0.39, 0.29) is 0 Å².